The molecule has 1 atom stereocenters. The van der Waals surface area contributed by atoms with E-state index in [1.807, 2.05) is 0 Å². The van der Waals surface area contributed by atoms with E-state index in [4.69, 9.17) is 4.74 Å². The number of methoxy groups -OCH3 is 1. The van der Waals surface area contributed by atoms with E-state index in [1.165, 1.54) is 44.0 Å². The number of aromatic nitrogens is 1. The second kappa shape index (κ2) is 8.67. The molecule has 0 aliphatic heterocycles. The largest absolute Gasteiger partial charge is 0.497 e. The lowest BCUT2D eigenvalue weighted by Crippen LogP contribution is -2.05. The number of carbonyl (C=O) groups is 1. The Labute approximate surface area is 168 Å². The Balaban J connectivity index is 1.89. The molecule has 0 N–H and O–H groups in total. The molecule has 0 saturated heterocycles. The van der Waals surface area contributed by atoms with Crippen LogP contribution in [0.25, 0.3) is 0 Å². The Morgan fingerprint density at radius 2 is 1.83 bits per heavy atom. The van der Waals surface area contributed by atoms with Crippen LogP contribution in [0.3, 0.4) is 0 Å². The van der Waals surface area contributed by atoms with Crippen LogP contribution in [0.4, 0.5) is 4.39 Å². The zero-order valence-electron chi connectivity index (χ0n) is 15.8. The Hall–Kier alpha value is -3.50. The van der Waals surface area contributed by atoms with E-state index in [0.29, 0.717) is 21.8 Å². The van der Waals surface area contributed by atoms with E-state index in [-0.39, 0.29) is 11.4 Å². The van der Waals surface area contributed by atoms with Gasteiger partial charge in [0.05, 0.1) is 27.3 Å². The van der Waals surface area contributed by atoms with Crippen molar-refractivity contribution in [1.29, 1.82) is 0 Å². The van der Waals surface area contributed by atoms with Gasteiger partial charge in [-0.05, 0) is 42.5 Å². The van der Waals surface area contributed by atoms with Crippen molar-refractivity contribution in [3.63, 3.8) is 0 Å². The minimum Gasteiger partial charge on any atom is -0.497 e. The van der Waals surface area contributed by atoms with Crippen molar-refractivity contribution in [1.82, 2.24) is 4.98 Å². The highest BCUT2D eigenvalue weighted by molar-refractivity contribution is 7.93. The fourth-order valence-corrected chi connectivity index (χ4v) is 3.63. The van der Waals surface area contributed by atoms with Crippen LogP contribution in [0, 0.1) is 17.7 Å². The molecule has 1 heterocycles. The van der Waals surface area contributed by atoms with Gasteiger partial charge in [0.1, 0.15) is 11.6 Å². The number of benzene rings is 2. The molecule has 0 saturated carbocycles. The van der Waals surface area contributed by atoms with Gasteiger partial charge in [-0.3, -0.25) is 9.78 Å². The third-order valence-corrected chi connectivity index (χ3v) is 5.54. The lowest BCUT2D eigenvalue weighted by Gasteiger charge is -2.06. The number of rotatable bonds is 3. The molecule has 0 spiro atoms. The predicted octanol–water partition coefficient (Wildman–Crippen LogP) is 3.93. The van der Waals surface area contributed by atoms with Crippen molar-refractivity contribution in [3.05, 3.63) is 89.5 Å². The first-order chi connectivity index (χ1) is 13.9. The van der Waals surface area contributed by atoms with Crippen molar-refractivity contribution < 1.29 is 18.1 Å². The molecular weight excluding hydrogens is 391 g/mol. The summed E-state index contributed by atoms with van der Waals surface area (Å²) in [6.07, 6.45) is 4.20. The van der Waals surface area contributed by atoms with Crippen LogP contribution in [0.1, 0.15) is 21.5 Å². The second-order valence-electron chi connectivity index (χ2n) is 6.10. The Morgan fingerprint density at radius 1 is 1.07 bits per heavy atom. The number of hydrogen-bond donors (Lipinski definition) is 0. The highest BCUT2D eigenvalue weighted by atomic mass is 32.2. The molecule has 146 valence electrons. The molecule has 29 heavy (non-hydrogen) atoms. The van der Waals surface area contributed by atoms with E-state index in [9.17, 15) is 13.4 Å². The lowest BCUT2D eigenvalue weighted by atomic mass is 10.1. The topological polar surface area (TPSA) is 68.6 Å². The summed E-state index contributed by atoms with van der Waals surface area (Å²) >= 11 is 0. The van der Waals surface area contributed by atoms with Gasteiger partial charge in [-0.25, -0.2) is 8.60 Å². The molecule has 0 fully saturated rings. The van der Waals surface area contributed by atoms with Crippen LogP contribution in [0.5, 0.6) is 5.75 Å². The van der Waals surface area contributed by atoms with E-state index in [1.54, 1.807) is 36.4 Å². The molecule has 0 radical (unpaired) electrons. The zero-order chi connectivity index (χ0) is 20.9. The highest BCUT2D eigenvalue weighted by Crippen LogP contribution is 2.19. The van der Waals surface area contributed by atoms with Crippen molar-refractivity contribution in [2.75, 3.05) is 13.4 Å². The zero-order valence-corrected chi connectivity index (χ0v) is 16.6. The summed E-state index contributed by atoms with van der Waals surface area (Å²) in [5, 5.41) is 0. The van der Waals surface area contributed by atoms with Gasteiger partial charge in [0, 0.05) is 29.8 Å². The molecule has 1 unspecified atom stereocenters. The average Bonchev–Trinajstić information content (AvgIpc) is 2.72. The van der Waals surface area contributed by atoms with Crippen LogP contribution < -0.4 is 4.74 Å². The van der Waals surface area contributed by atoms with Crippen molar-refractivity contribution in [3.8, 4) is 17.6 Å². The van der Waals surface area contributed by atoms with Crippen molar-refractivity contribution >= 4 is 15.6 Å². The van der Waals surface area contributed by atoms with E-state index in [2.05, 4.69) is 21.2 Å². The van der Waals surface area contributed by atoms with Crippen molar-refractivity contribution in [2.45, 2.75) is 4.90 Å². The van der Waals surface area contributed by atoms with E-state index < -0.39 is 15.6 Å². The molecule has 0 aliphatic rings. The quantitative estimate of drug-likeness (QED) is 0.616. The molecule has 3 rings (SSSR count). The van der Waals surface area contributed by atoms with Gasteiger partial charge in [0.15, 0.2) is 0 Å². The number of nitrogens with zero attached hydrogens (tertiary/aromatic N) is 2. The van der Waals surface area contributed by atoms with Gasteiger partial charge in [0.25, 0.3) is 5.91 Å². The number of halogens is 1. The Kier molecular flexibility index (Phi) is 6.05. The minimum atomic E-state index is -2.97. The number of hydrogen-bond acceptors (Lipinski definition) is 4. The molecule has 0 aliphatic carbocycles. The van der Waals surface area contributed by atoms with Crippen LogP contribution >= 0.6 is 0 Å². The monoisotopic (exact) mass is 408 g/mol. The number of pyridine rings is 1. The van der Waals surface area contributed by atoms with Crippen LogP contribution in [0.15, 0.2) is 76.2 Å². The van der Waals surface area contributed by atoms with E-state index >= 15 is 0 Å². The molecule has 5 nitrogen and oxygen atoms in total. The maximum atomic E-state index is 13.2. The fourth-order valence-electron chi connectivity index (χ4n) is 2.44. The maximum absolute atomic E-state index is 13.2. The van der Waals surface area contributed by atoms with Crippen LogP contribution in [-0.2, 0) is 9.73 Å². The minimum absolute atomic E-state index is 0.161. The summed E-state index contributed by atoms with van der Waals surface area (Å²) < 4.78 is 35.2. The summed E-state index contributed by atoms with van der Waals surface area (Å²) in [6, 6.07) is 14.0. The predicted molar refractivity (Wildman–Crippen MR) is 109 cm³/mol. The summed E-state index contributed by atoms with van der Waals surface area (Å²) in [5.74, 6) is 5.12. The first kappa shape index (κ1) is 20.2. The molecule has 3 aromatic rings. The SMILES string of the molecule is COc1cccc(S(C)(=O)=NC(=O)c2cncc(C#Cc3cccc(F)c3)c2)c1. The third kappa shape index (κ3) is 5.27. The first-order valence-electron chi connectivity index (χ1n) is 8.50. The van der Waals surface area contributed by atoms with Gasteiger partial charge >= 0.3 is 0 Å². The number of amides is 1. The summed E-state index contributed by atoms with van der Waals surface area (Å²) in [7, 11) is -1.47. The molecular formula is C22H17FN2O3S. The fraction of sp³-hybridized carbons (Fsp3) is 0.0909. The normalized spacial score (nSPS) is 12.2. The second-order valence-corrected chi connectivity index (χ2v) is 8.36. The smallest absolute Gasteiger partial charge is 0.286 e. The van der Waals surface area contributed by atoms with Gasteiger partial charge in [0.2, 0.25) is 0 Å². The van der Waals surface area contributed by atoms with Gasteiger partial charge < -0.3 is 4.74 Å². The third-order valence-electron chi connectivity index (χ3n) is 3.90. The van der Waals surface area contributed by atoms with Gasteiger partial charge in [-0.1, -0.05) is 24.0 Å². The molecule has 1 aromatic heterocycles. The van der Waals surface area contributed by atoms with Gasteiger partial charge in [-0.15, -0.1) is 0 Å². The van der Waals surface area contributed by atoms with E-state index in [0.717, 1.165) is 0 Å². The van der Waals surface area contributed by atoms with Crippen LogP contribution in [-0.4, -0.2) is 28.5 Å². The summed E-state index contributed by atoms with van der Waals surface area (Å²) in [4.78, 5) is 16.9. The lowest BCUT2D eigenvalue weighted by molar-refractivity contribution is 0.100. The molecule has 0 bridgehead atoms. The first-order valence-corrected chi connectivity index (χ1v) is 10.4. The highest BCUT2D eigenvalue weighted by Gasteiger charge is 2.13. The maximum Gasteiger partial charge on any atom is 0.286 e. The number of ether oxygens (including phenoxy) is 1. The Bertz CT molecular complexity index is 1250. The standard InChI is InChI=1S/C22H17FN2O3S/c1-28-20-7-4-8-21(13-20)29(2,27)25-22(26)18-11-17(14-24-15-18)10-9-16-5-3-6-19(23)12-16/h3-8,11-15H,1-2H3. The Morgan fingerprint density at radius 3 is 2.59 bits per heavy atom. The summed E-state index contributed by atoms with van der Waals surface area (Å²) in [6.45, 7) is 0. The molecule has 2 aromatic carbocycles. The molecule has 7 heteroatoms. The molecule has 1 amide bonds. The average molecular weight is 408 g/mol. The number of carbonyl (C=O) groups excluding carboxylic acids is 1. The van der Waals surface area contributed by atoms with Gasteiger partial charge in [-0.2, -0.15) is 4.36 Å². The summed E-state index contributed by atoms with van der Waals surface area (Å²) in [5.41, 5.74) is 1.12. The van der Waals surface area contributed by atoms with Crippen molar-refractivity contribution in [2.24, 2.45) is 4.36 Å². The van der Waals surface area contributed by atoms with Crippen LogP contribution in [0.2, 0.25) is 0 Å².